The van der Waals surface area contributed by atoms with Crippen LogP contribution in [0.1, 0.15) is 16.9 Å². The molecule has 8 nitrogen and oxygen atoms in total. The van der Waals surface area contributed by atoms with Crippen molar-refractivity contribution in [2.24, 2.45) is 11.1 Å². The molecule has 1 aliphatic rings. The van der Waals surface area contributed by atoms with Crippen LogP contribution in [0.15, 0.2) is 16.7 Å². The number of hydrogen-bond donors (Lipinski definition) is 1. The summed E-state index contributed by atoms with van der Waals surface area (Å²) in [5, 5.41) is 5.02. The number of hydrogen-bond acceptors (Lipinski definition) is 6. The van der Waals surface area contributed by atoms with E-state index in [-0.39, 0.29) is 36.0 Å². The average Bonchev–Trinajstić information content (AvgIpc) is 2.76. The summed E-state index contributed by atoms with van der Waals surface area (Å²) in [6.07, 6.45) is 1.46. The van der Waals surface area contributed by atoms with Gasteiger partial charge in [0.05, 0.1) is 18.6 Å². The van der Waals surface area contributed by atoms with Crippen LogP contribution in [0, 0.1) is 5.92 Å². The number of amides is 1. The normalized spacial score (nSPS) is 18.6. The monoisotopic (exact) mass is 391 g/mol. The number of aromatic nitrogens is 1. The molecule has 120 valence electrons. The Morgan fingerprint density at radius 1 is 1.59 bits per heavy atom. The molecule has 1 unspecified atom stereocenters. The van der Waals surface area contributed by atoms with E-state index in [2.05, 4.69) is 25.7 Å². The van der Waals surface area contributed by atoms with Gasteiger partial charge < -0.3 is 9.64 Å². The van der Waals surface area contributed by atoms with Crippen molar-refractivity contribution in [1.29, 1.82) is 0 Å². The van der Waals surface area contributed by atoms with Crippen LogP contribution in [0.4, 0.5) is 5.69 Å². The maximum Gasteiger partial charge on any atom is 0.358 e. The molecule has 1 aliphatic heterocycles. The van der Waals surface area contributed by atoms with Crippen molar-refractivity contribution in [3.05, 3.63) is 22.4 Å². The van der Waals surface area contributed by atoms with E-state index in [1.165, 1.54) is 18.2 Å². The largest absolute Gasteiger partial charge is 0.464 e. The molecule has 0 aliphatic carbocycles. The molecule has 1 aromatic heterocycles. The van der Waals surface area contributed by atoms with Gasteiger partial charge >= 0.3 is 5.97 Å². The maximum absolute atomic E-state index is 12.1. The Morgan fingerprint density at radius 2 is 2.27 bits per heavy atom. The molecule has 0 radical (unpaired) electrons. The standard InChI is InChI=1S/C12H14BrN3O5S/c1-21-12(18)11-9(3-8(13)4-15-11)16-5-7(2-10(16)17)6-22(14,19)20/h3-4,7H,2,5-6H2,1H3,(H2,14,19,20). The van der Waals surface area contributed by atoms with Gasteiger partial charge in [0.15, 0.2) is 5.69 Å². The number of carbonyl (C=O) groups excluding carboxylic acids is 2. The smallest absolute Gasteiger partial charge is 0.358 e. The second kappa shape index (κ2) is 6.31. The summed E-state index contributed by atoms with van der Waals surface area (Å²) in [4.78, 5) is 29.2. The lowest BCUT2D eigenvalue weighted by Crippen LogP contribution is -2.29. The lowest BCUT2D eigenvalue weighted by Gasteiger charge is -2.19. The fourth-order valence-electron chi connectivity index (χ4n) is 2.34. The fraction of sp³-hybridized carbons (Fsp3) is 0.417. The van der Waals surface area contributed by atoms with Crippen molar-refractivity contribution >= 4 is 43.5 Å². The van der Waals surface area contributed by atoms with Crippen molar-refractivity contribution in [3.63, 3.8) is 0 Å². The Labute approximate surface area is 135 Å². The number of methoxy groups -OCH3 is 1. The Balaban J connectivity index is 2.34. The van der Waals surface area contributed by atoms with Gasteiger partial charge in [-0.3, -0.25) is 4.79 Å². The zero-order chi connectivity index (χ0) is 16.5. The molecule has 0 bridgehead atoms. The van der Waals surface area contributed by atoms with Crippen LogP contribution in [0.3, 0.4) is 0 Å². The van der Waals surface area contributed by atoms with Crippen LogP contribution in [0.25, 0.3) is 0 Å². The molecule has 1 atom stereocenters. The van der Waals surface area contributed by atoms with Gasteiger partial charge in [0, 0.05) is 29.6 Å². The summed E-state index contributed by atoms with van der Waals surface area (Å²) in [6.45, 7) is 0.150. The molecule has 1 aromatic rings. The fourth-order valence-corrected chi connectivity index (χ4v) is 3.54. The van der Waals surface area contributed by atoms with Crippen LogP contribution in [-0.4, -0.2) is 44.7 Å². The van der Waals surface area contributed by atoms with Crippen molar-refractivity contribution in [2.75, 3.05) is 24.3 Å². The molecule has 1 saturated heterocycles. The van der Waals surface area contributed by atoms with Gasteiger partial charge in [-0.25, -0.2) is 23.3 Å². The van der Waals surface area contributed by atoms with Crippen LogP contribution >= 0.6 is 15.9 Å². The van der Waals surface area contributed by atoms with E-state index in [1.807, 2.05) is 0 Å². The van der Waals surface area contributed by atoms with Crippen molar-refractivity contribution in [2.45, 2.75) is 6.42 Å². The SMILES string of the molecule is COC(=O)c1ncc(Br)cc1N1CC(CS(N)(=O)=O)CC1=O. The summed E-state index contributed by atoms with van der Waals surface area (Å²) in [5.41, 5.74) is 0.276. The first kappa shape index (κ1) is 16.8. The Hall–Kier alpha value is -1.52. The molecule has 2 heterocycles. The number of ether oxygens (including phenoxy) is 1. The highest BCUT2D eigenvalue weighted by Gasteiger charge is 2.35. The van der Waals surface area contributed by atoms with E-state index in [0.29, 0.717) is 4.47 Å². The highest BCUT2D eigenvalue weighted by molar-refractivity contribution is 9.10. The van der Waals surface area contributed by atoms with E-state index in [4.69, 9.17) is 5.14 Å². The number of primary sulfonamides is 1. The molecule has 1 fully saturated rings. The molecular weight excluding hydrogens is 378 g/mol. The van der Waals surface area contributed by atoms with E-state index in [0.717, 1.165) is 0 Å². The van der Waals surface area contributed by atoms with E-state index < -0.39 is 21.9 Å². The summed E-state index contributed by atoms with van der Waals surface area (Å²) in [7, 11) is -2.46. The van der Waals surface area contributed by atoms with Crippen LogP contribution in [-0.2, 0) is 19.6 Å². The predicted molar refractivity (Wildman–Crippen MR) is 81.7 cm³/mol. The number of rotatable bonds is 4. The number of nitrogens with two attached hydrogens (primary N) is 1. The summed E-state index contributed by atoms with van der Waals surface area (Å²) in [6, 6.07) is 1.57. The molecule has 0 aromatic carbocycles. The average molecular weight is 392 g/mol. The molecule has 0 saturated carbocycles. The molecule has 10 heteroatoms. The number of anilines is 1. The minimum atomic E-state index is -3.67. The first-order chi connectivity index (χ1) is 10.2. The lowest BCUT2D eigenvalue weighted by atomic mass is 10.1. The molecule has 2 N–H and O–H groups in total. The minimum absolute atomic E-state index is 0.00435. The molecule has 2 rings (SSSR count). The molecule has 0 spiro atoms. The van der Waals surface area contributed by atoms with Crippen LogP contribution in [0.5, 0.6) is 0 Å². The zero-order valence-electron chi connectivity index (χ0n) is 11.7. The molecular formula is C12H14BrN3O5S. The van der Waals surface area contributed by atoms with E-state index in [1.54, 1.807) is 6.07 Å². The Bertz CT molecular complexity index is 721. The van der Waals surface area contributed by atoms with Gasteiger partial charge in [-0.2, -0.15) is 0 Å². The first-order valence-corrected chi connectivity index (χ1v) is 8.77. The number of carbonyl (C=O) groups is 2. The van der Waals surface area contributed by atoms with Crippen molar-refractivity contribution in [3.8, 4) is 0 Å². The van der Waals surface area contributed by atoms with Crippen LogP contribution < -0.4 is 10.0 Å². The van der Waals surface area contributed by atoms with Gasteiger partial charge in [-0.1, -0.05) is 0 Å². The third kappa shape index (κ3) is 3.81. The summed E-state index contributed by atoms with van der Waals surface area (Å²) >= 11 is 3.23. The quantitative estimate of drug-likeness (QED) is 0.735. The zero-order valence-corrected chi connectivity index (χ0v) is 14.1. The van der Waals surface area contributed by atoms with E-state index >= 15 is 0 Å². The number of pyridine rings is 1. The summed E-state index contributed by atoms with van der Waals surface area (Å²) < 4.78 is 27.6. The topological polar surface area (TPSA) is 120 Å². The van der Waals surface area contributed by atoms with Crippen molar-refractivity contribution in [1.82, 2.24) is 4.98 Å². The lowest BCUT2D eigenvalue weighted by molar-refractivity contribution is -0.117. The Kier molecular flexibility index (Phi) is 4.83. The minimum Gasteiger partial charge on any atom is -0.464 e. The predicted octanol–water partition coefficient (Wildman–Crippen LogP) is 0.272. The first-order valence-electron chi connectivity index (χ1n) is 6.26. The van der Waals surface area contributed by atoms with Gasteiger partial charge in [0.25, 0.3) is 0 Å². The van der Waals surface area contributed by atoms with Gasteiger partial charge in [-0.05, 0) is 22.0 Å². The third-order valence-electron chi connectivity index (χ3n) is 3.18. The summed E-state index contributed by atoms with van der Waals surface area (Å²) in [5.74, 6) is -1.68. The number of esters is 1. The maximum atomic E-state index is 12.1. The number of nitrogens with zero attached hydrogens (tertiary/aromatic N) is 2. The van der Waals surface area contributed by atoms with E-state index in [9.17, 15) is 18.0 Å². The third-order valence-corrected chi connectivity index (χ3v) is 4.55. The van der Waals surface area contributed by atoms with Gasteiger partial charge in [-0.15, -0.1) is 0 Å². The second-order valence-electron chi connectivity index (χ2n) is 4.92. The van der Waals surface area contributed by atoms with Gasteiger partial charge in [0.1, 0.15) is 0 Å². The molecule has 1 amide bonds. The molecule has 22 heavy (non-hydrogen) atoms. The Morgan fingerprint density at radius 3 is 2.86 bits per heavy atom. The highest BCUT2D eigenvalue weighted by atomic mass is 79.9. The second-order valence-corrected chi connectivity index (χ2v) is 7.49. The highest BCUT2D eigenvalue weighted by Crippen LogP contribution is 2.30. The number of halogens is 1. The van der Waals surface area contributed by atoms with Crippen LogP contribution in [0.2, 0.25) is 0 Å². The van der Waals surface area contributed by atoms with Gasteiger partial charge in [0.2, 0.25) is 15.9 Å². The number of sulfonamides is 1. The van der Waals surface area contributed by atoms with Crippen molar-refractivity contribution < 1.29 is 22.7 Å².